The van der Waals surface area contributed by atoms with Crippen molar-refractivity contribution in [2.45, 2.75) is 13.0 Å². The van der Waals surface area contributed by atoms with E-state index in [2.05, 4.69) is 10.6 Å². The van der Waals surface area contributed by atoms with Crippen LogP contribution in [0.25, 0.3) is 0 Å². The van der Waals surface area contributed by atoms with Gasteiger partial charge in [0.05, 0.1) is 12.0 Å². The Bertz CT molecular complexity index is 545. The van der Waals surface area contributed by atoms with Gasteiger partial charge in [-0.2, -0.15) is 0 Å². The Morgan fingerprint density at radius 2 is 2.10 bits per heavy atom. The van der Waals surface area contributed by atoms with Gasteiger partial charge in [-0.15, -0.1) is 0 Å². The maximum Gasteiger partial charge on any atom is 0.325 e. The number of nitrogens with zero attached hydrogens (tertiary/aromatic N) is 1. The maximum absolute atomic E-state index is 11.5. The van der Waals surface area contributed by atoms with Crippen LogP contribution in [0.2, 0.25) is 0 Å². The predicted molar refractivity (Wildman–Crippen MR) is 68.9 cm³/mol. The van der Waals surface area contributed by atoms with Crippen molar-refractivity contribution in [3.05, 3.63) is 28.3 Å². The molecule has 3 N–H and O–H groups in total. The van der Waals surface area contributed by atoms with Crippen LogP contribution in [0, 0.1) is 10.1 Å². The molecule has 0 aliphatic rings. The zero-order valence-electron chi connectivity index (χ0n) is 10.7. The molecule has 0 aromatic heterocycles. The van der Waals surface area contributed by atoms with Crippen LogP contribution in [0.15, 0.2) is 18.2 Å². The third-order valence-electron chi connectivity index (χ3n) is 2.35. The molecule has 9 nitrogen and oxygen atoms in total. The second kappa shape index (κ2) is 6.36. The quantitative estimate of drug-likeness (QED) is 0.549. The molecule has 0 saturated heterocycles. The third-order valence-corrected chi connectivity index (χ3v) is 2.35. The lowest BCUT2D eigenvalue weighted by atomic mass is 10.2. The van der Waals surface area contributed by atoms with Crippen molar-refractivity contribution in [2.24, 2.45) is 0 Å². The summed E-state index contributed by atoms with van der Waals surface area (Å²) in [6, 6.07) is 1.98. The van der Waals surface area contributed by atoms with E-state index in [1.165, 1.54) is 26.2 Å². The van der Waals surface area contributed by atoms with Crippen molar-refractivity contribution >= 4 is 23.4 Å². The van der Waals surface area contributed by atoms with Gasteiger partial charge in [-0.3, -0.25) is 14.9 Å². The first-order valence-corrected chi connectivity index (χ1v) is 5.48. The fourth-order valence-corrected chi connectivity index (χ4v) is 1.34. The van der Waals surface area contributed by atoms with E-state index in [1.807, 2.05) is 0 Å². The van der Waals surface area contributed by atoms with E-state index in [0.29, 0.717) is 0 Å². The Kier molecular flexibility index (Phi) is 4.84. The minimum Gasteiger partial charge on any atom is -0.490 e. The molecule has 1 aromatic rings. The first kappa shape index (κ1) is 15.2. The molecule has 0 unspecified atom stereocenters. The largest absolute Gasteiger partial charge is 0.490 e. The summed E-state index contributed by atoms with van der Waals surface area (Å²) in [4.78, 5) is 32.2. The number of nitrogens with one attached hydrogen (secondary N) is 2. The molecule has 108 valence electrons. The molecule has 0 radical (unpaired) electrons. The average molecular weight is 283 g/mol. The van der Waals surface area contributed by atoms with Crippen LogP contribution in [-0.2, 0) is 4.79 Å². The number of carbonyl (C=O) groups is 2. The van der Waals surface area contributed by atoms with E-state index in [9.17, 15) is 19.7 Å². The van der Waals surface area contributed by atoms with Crippen molar-refractivity contribution in [2.75, 3.05) is 12.4 Å². The molecule has 9 heteroatoms. The zero-order valence-corrected chi connectivity index (χ0v) is 10.7. The van der Waals surface area contributed by atoms with E-state index in [4.69, 9.17) is 9.84 Å². The molecule has 0 bridgehead atoms. The third kappa shape index (κ3) is 3.83. The van der Waals surface area contributed by atoms with E-state index >= 15 is 0 Å². The maximum atomic E-state index is 11.5. The van der Waals surface area contributed by atoms with Gasteiger partial charge in [0.1, 0.15) is 6.04 Å². The lowest BCUT2D eigenvalue weighted by Gasteiger charge is -2.11. The topological polar surface area (TPSA) is 131 Å². The molecule has 20 heavy (non-hydrogen) atoms. The number of anilines is 1. The molecular formula is C11H13N3O6. The van der Waals surface area contributed by atoms with Gasteiger partial charge in [0.15, 0.2) is 5.75 Å². The van der Waals surface area contributed by atoms with Gasteiger partial charge in [0.25, 0.3) is 0 Å². The van der Waals surface area contributed by atoms with Gasteiger partial charge >= 0.3 is 17.7 Å². The van der Waals surface area contributed by atoms with Crippen LogP contribution in [0.4, 0.5) is 16.2 Å². The first-order chi connectivity index (χ1) is 9.35. The SMILES string of the molecule is COc1ccc(NC(=O)N[C@@H](C)C(=O)O)cc1[N+](=O)[O-]. The Balaban J connectivity index is 2.83. The summed E-state index contributed by atoms with van der Waals surface area (Å²) in [5.74, 6) is -1.14. The molecule has 2 amide bonds. The molecule has 1 rings (SSSR count). The number of nitro groups is 1. The Morgan fingerprint density at radius 3 is 2.60 bits per heavy atom. The summed E-state index contributed by atoms with van der Waals surface area (Å²) in [5.41, 5.74) is -0.163. The summed E-state index contributed by atoms with van der Waals surface area (Å²) >= 11 is 0. The van der Waals surface area contributed by atoms with Gasteiger partial charge in [-0.05, 0) is 19.1 Å². The van der Waals surface area contributed by atoms with Crippen LogP contribution >= 0.6 is 0 Å². The molecule has 1 aromatic carbocycles. The average Bonchev–Trinajstić information content (AvgIpc) is 2.38. The highest BCUT2D eigenvalue weighted by Gasteiger charge is 2.17. The summed E-state index contributed by atoms with van der Waals surface area (Å²) in [6.45, 7) is 1.29. The number of carboxylic acid groups (broad SMARTS) is 1. The highest BCUT2D eigenvalue weighted by atomic mass is 16.6. The number of rotatable bonds is 5. The van der Waals surface area contributed by atoms with Crippen LogP contribution in [0.1, 0.15) is 6.92 Å². The fraction of sp³-hybridized carbons (Fsp3) is 0.273. The van der Waals surface area contributed by atoms with Crippen LogP contribution < -0.4 is 15.4 Å². The lowest BCUT2D eigenvalue weighted by Crippen LogP contribution is -2.40. The van der Waals surface area contributed by atoms with Crippen molar-refractivity contribution in [1.29, 1.82) is 0 Å². The molecule has 1 atom stereocenters. The lowest BCUT2D eigenvalue weighted by molar-refractivity contribution is -0.385. The Morgan fingerprint density at radius 1 is 1.45 bits per heavy atom. The van der Waals surface area contributed by atoms with Gasteiger partial charge in [0.2, 0.25) is 0 Å². The Labute approximate surface area is 113 Å². The Hall–Kier alpha value is -2.84. The van der Waals surface area contributed by atoms with Gasteiger partial charge in [0, 0.05) is 11.8 Å². The second-order valence-electron chi connectivity index (χ2n) is 3.80. The minimum atomic E-state index is -1.19. The van der Waals surface area contributed by atoms with Crippen molar-refractivity contribution in [3.8, 4) is 5.75 Å². The molecule has 0 heterocycles. The van der Waals surface area contributed by atoms with Crippen molar-refractivity contribution in [3.63, 3.8) is 0 Å². The normalized spacial score (nSPS) is 11.3. The number of nitro benzene ring substituents is 1. The van der Waals surface area contributed by atoms with Gasteiger partial charge < -0.3 is 20.5 Å². The molecule has 0 saturated carbocycles. The van der Waals surface area contributed by atoms with Crippen molar-refractivity contribution < 1.29 is 24.4 Å². The highest BCUT2D eigenvalue weighted by Crippen LogP contribution is 2.29. The number of urea groups is 1. The van der Waals surface area contributed by atoms with E-state index in [1.54, 1.807) is 0 Å². The number of ether oxygens (including phenoxy) is 1. The summed E-state index contributed by atoms with van der Waals surface area (Å²) in [6.07, 6.45) is 0. The number of aliphatic carboxylic acids is 1. The summed E-state index contributed by atoms with van der Waals surface area (Å²) < 4.78 is 4.81. The van der Waals surface area contributed by atoms with Gasteiger partial charge in [-0.1, -0.05) is 0 Å². The fourth-order valence-electron chi connectivity index (χ4n) is 1.34. The predicted octanol–water partition coefficient (Wildman–Crippen LogP) is 1.20. The second-order valence-corrected chi connectivity index (χ2v) is 3.80. The van der Waals surface area contributed by atoms with Crippen LogP contribution in [0.5, 0.6) is 5.75 Å². The number of carboxylic acids is 1. The minimum absolute atomic E-state index is 0.0554. The molecular weight excluding hydrogens is 270 g/mol. The highest BCUT2D eigenvalue weighted by molar-refractivity contribution is 5.92. The number of hydrogen-bond acceptors (Lipinski definition) is 5. The molecule has 0 fully saturated rings. The first-order valence-electron chi connectivity index (χ1n) is 5.48. The summed E-state index contributed by atoms with van der Waals surface area (Å²) in [5, 5.41) is 23.9. The van der Waals surface area contributed by atoms with Crippen LogP contribution in [-0.4, -0.2) is 35.2 Å². The zero-order chi connectivity index (χ0) is 15.3. The monoisotopic (exact) mass is 283 g/mol. The van der Waals surface area contributed by atoms with E-state index in [-0.39, 0.29) is 17.1 Å². The van der Waals surface area contributed by atoms with Crippen LogP contribution in [0.3, 0.4) is 0 Å². The van der Waals surface area contributed by atoms with Gasteiger partial charge in [-0.25, -0.2) is 4.79 Å². The smallest absolute Gasteiger partial charge is 0.325 e. The number of hydrogen-bond donors (Lipinski definition) is 3. The summed E-state index contributed by atoms with van der Waals surface area (Å²) in [7, 11) is 1.29. The van der Waals surface area contributed by atoms with E-state index in [0.717, 1.165) is 6.07 Å². The number of carbonyl (C=O) groups excluding carboxylic acids is 1. The molecule has 0 aliphatic carbocycles. The number of amides is 2. The number of benzene rings is 1. The van der Waals surface area contributed by atoms with Crippen molar-refractivity contribution in [1.82, 2.24) is 5.32 Å². The molecule has 0 spiro atoms. The van der Waals surface area contributed by atoms with E-state index < -0.39 is 23.0 Å². The standard InChI is InChI=1S/C11H13N3O6/c1-6(10(15)16)12-11(17)13-7-3-4-9(20-2)8(5-7)14(18)19/h3-6H,1-2H3,(H,15,16)(H2,12,13,17)/t6-/m0/s1. The molecule has 0 aliphatic heterocycles. The number of methoxy groups -OCH3 is 1.